The quantitative estimate of drug-likeness (QED) is 0.356. The topological polar surface area (TPSA) is 45.0 Å². The number of halogens is 2. The van der Waals surface area contributed by atoms with E-state index in [9.17, 15) is 4.79 Å². The van der Waals surface area contributed by atoms with E-state index in [0.717, 1.165) is 43.5 Å². The van der Waals surface area contributed by atoms with Gasteiger partial charge in [0.05, 0.1) is 16.7 Å². The number of hydrogen-bond acceptors (Lipinski definition) is 4. The van der Waals surface area contributed by atoms with Crippen molar-refractivity contribution >= 4 is 62.2 Å². The number of carbonyl (C=O) groups excluding carboxylic acids is 1. The first-order valence-electron chi connectivity index (χ1n) is 10.0. The van der Waals surface area contributed by atoms with E-state index in [0.29, 0.717) is 17.3 Å². The van der Waals surface area contributed by atoms with Crippen LogP contribution in [0, 0.1) is 0 Å². The molecule has 0 N–H and O–H groups in total. The zero-order valence-corrected chi connectivity index (χ0v) is 19.9. The molecule has 0 bridgehead atoms. The van der Waals surface area contributed by atoms with E-state index < -0.39 is 0 Å². The van der Waals surface area contributed by atoms with Gasteiger partial charge in [0.1, 0.15) is 0 Å². The first kappa shape index (κ1) is 21.2. The summed E-state index contributed by atoms with van der Waals surface area (Å²) in [4.78, 5) is 17.5. The van der Waals surface area contributed by atoms with E-state index in [-0.39, 0.29) is 11.3 Å². The van der Waals surface area contributed by atoms with Crippen LogP contribution in [0.3, 0.4) is 0 Å². The summed E-state index contributed by atoms with van der Waals surface area (Å²) in [5.74, 6) is 0.575. The molecule has 4 nitrogen and oxygen atoms in total. The Bertz CT molecular complexity index is 1270. The molecule has 0 aromatic heterocycles. The second-order valence-corrected chi connectivity index (χ2v) is 9.74. The molecule has 0 spiro atoms. The van der Waals surface area contributed by atoms with Gasteiger partial charge in [0.25, 0.3) is 0 Å². The molecule has 0 radical (unpaired) electrons. The Morgan fingerprint density at radius 1 is 1.03 bits per heavy atom. The molecule has 2 aliphatic heterocycles. The normalized spacial score (nSPS) is 19.4. The number of hydrogen-bond donors (Lipinski definition) is 0. The number of hydrazone groups is 1. The van der Waals surface area contributed by atoms with Crippen molar-refractivity contribution in [2.24, 2.45) is 10.1 Å². The number of amidine groups is 1. The third-order valence-electron chi connectivity index (χ3n) is 5.25. The van der Waals surface area contributed by atoms with Crippen LogP contribution >= 0.6 is 39.3 Å². The van der Waals surface area contributed by atoms with E-state index in [4.69, 9.17) is 16.7 Å². The number of carbonyl (C=O) groups is 1. The highest BCUT2D eigenvalue weighted by Crippen LogP contribution is 2.39. The Hall–Kier alpha value is -2.67. The van der Waals surface area contributed by atoms with Gasteiger partial charge in [-0.3, -0.25) is 4.79 Å². The molecule has 0 saturated heterocycles. The maximum atomic E-state index is 12.3. The fraction of sp³-hybridized carbons (Fsp3) is 0.0800. The number of benzene rings is 3. The number of nitrogens with zero attached hydrogens (tertiary/aromatic N) is 3. The second-order valence-electron chi connectivity index (χ2n) is 7.40. The molecule has 7 heteroatoms. The van der Waals surface area contributed by atoms with Crippen LogP contribution in [0.25, 0.3) is 6.08 Å². The molecule has 3 aromatic carbocycles. The Kier molecular flexibility index (Phi) is 6.00. The fourth-order valence-electron chi connectivity index (χ4n) is 3.77. The highest BCUT2D eigenvalue weighted by atomic mass is 79.9. The average molecular weight is 523 g/mol. The van der Waals surface area contributed by atoms with E-state index in [2.05, 4.69) is 33.1 Å². The molecule has 3 aromatic rings. The minimum Gasteiger partial charge on any atom is -0.259 e. The van der Waals surface area contributed by atoms with Gasteiger partial charge in [0.2, 0.25) is 0 Å². The van der Waals surface area contributed by atoms with E-state index >= 15 is 0 Å². The molecule has 1 amide bonds. The third kappa shape index (κ3) is 4.44. The standard InChI is InChI=1S/C25H17BrClN3OS/c26-19-8-4-5-16(13-19)14-23-24(28-25(31)32-23)30-22(18-9-11-20(27)12-10-18)15-21(29-30)17-6-2-1-3-7-17/h1-14,22H,15H2/b23-14-. The van der Waals surface area contributed by atoms with Crippen LogP contribution in [-0.4, -0.2) is 21.8 Å². The Balaban J connectivity index is 1.57. The van der Waals surface area contributed by atoms with Crippen molar-refractivity contribution in [1.29, 1.82) is 0 Å². The van der Waals surface area contributed by atoms with Crippen LogP contribution in [0.5, 0.6) is 0 Å². The molecule has 1 unspecified atom stereocenters. The van der Waals surface area contributed by atoms with E-state index in [1.165, 1.54) is 0 Å². The van der Waals surface area contributed by atoms with Crippen LogP contribution < -0.4 is 0 Å². The summed E-state index contributed by atoms with van der Waals surface area (Å²) in [5.41, 5.74) is 4.07. The molecule has 2 aliphatic rings. The maximum Gasteiger partial charge on any atom is 0.311 e. The number of thioether (sulfide) groups is 1. The SMILES string of the molecule is O=C1N=C(N2N=C(c3ccccc3)CC2c2ccc(Cl)cc2)/C(=C/c2cccc(Br)c2)S1. The minimum atomic E-state index is -0.237. The summed E-state index contributed by atoms with van der Waals surface area (Å²) in [6.45, 7) is 0. The molecule has 2 heterocycles. The van der Waals surface area contributed by atoms with Gasteiger partial charge >= 0.3 is 5.24 Å². The van der Waals surface area contributed by atoms with Crippen molar-refractivity contribution in [3.05, 3.63) is 110 Å². The molecule has 32 heavy (non-hydrogen) atoms. The molecular weight excluding hydrogens is 506 g/mol. The zero-order valence-electron chi connectivity index (χ0n) is 16.8. The molecule has 158 valence electrons. The molecule has 1 atom stereocenters. The van der Waals surface area contributed by atoms with Gasteiger partial charge in [0.15, 0.2) is 5.84 Å². The van der Waals surface area contributed by atoms with Gasteiger partial charge < -0.3 is 0 Å². The van der Waals surface area contributed by atoms with Crippen molar-refractivity contribution in [3.63, 3.8) is 0 Å². The van der Waals surface area contributed by atoms with Crippen LogP contribution in [0.15, 0.2) is 98.3 Å². The molecular formula is C25H17BrClN3OS. The summed E-state index contributed by atoms with van der Waals surface area (Å²) in [5, 5.41) is 7.26. The summed E-state index contributed by atoms with van der Waals surface area (Å²) in [6, 6.07) is 25.7. The van der Waals surface area contributed by atoms with Gasteiger partial charge in [0, 0.05) is 15.9 Å². The van der Waals surface area contributed by atoms with Crippen molar-refractivity contribution < 1.29 is 4.79 Å². The lowest BCUT2D eigenvalue weighted by Gasteiger charge is -2.24. The Labute approximate surface area is 203 Å². The van der Waals surface area contributed by atoms with Gasteiger partial charge in [-0.05, 0) is 58.8 Å². The summed E-state index contributed by atoms with van der Waals surface area (Å²) >= 11 is 10.8. The van der Waals surface area contributed by atoms with Crippen molar-refractivity contribution in [3.8, 4) is 0 Å². The molecule has 0 saturated carbocycles. The predicted molar refractivity (Wildman–Crippen MR) is 136 cm³/mol. The molecule has 0 fully saturated rings. The third-order valence-corrected chi connectivity index (χ3v) is 6.78. The average Bonchev–Trinajstić information content (AvgIpc) is 3.38. The number of amides is 1. The highest BCUT2D eigenvalue weighted by Gasteiger charge is 2.36. The zero-order chi connectivity index (χ0) is 22.1. The molecule has 5 rings (SSSR count). The van der Waals surface area contributed by atoms with Crippen LogP contribution in [0.1, 0.15) is 29.2 Å². The monoisotopic (exact) mass is 521 g/mol. The predicted octanol–water partition coefficient (Wildman–Crippen LogP) is 7.56. The highest BCUT2D eigenvalue weighted by molar-refractivity contribution is 9.10. The van der Waals surface area contributed by atoms with E-state index in [1.807, 2.05) is 77.8 Å². The van der Waals surface area contributed by atoms with Crippen molar-refractivity contribution in [2.75, 3.05) is 0 Å². The fourth-order valence-corrected chi connectivity index (χ4v) is 5.05. The Morgan fingerprint density at radius 3 is 2.56 bits per heavy atom. The second kappa shape index (κ2) is 9.06. The lowest BCUT2D eigenvalue weighted by Crippen LogP contribution is -2.26. The summed E-state index contributed by atoms with van der Waals surface area (Å²) < 4.78 is 0.976. The van der Waals surface area contributed by atoms with Gasteiger partial charge in [-0.25, -0.2) is 5.01 Å². The van der Waals surface area contributed by atoms with Crippen molar-refractivity contribution in [1.82, 2.24) is 5.01 Å². The number of rotatable bonds is 3. The van der Waals surface area contributed by atoms with Gasteiger partial charge in [-0.15, -0.1) is 0 Å². The van der Waals surface area contributed by atoms with E-state index in [1.54, 1.807) is 0 Å². The van der Waals surface area contributed by atoms with Crippen molar-refractivity contribution in [2.45, 2.75) is 12.5 Å². The van der Waals surface area contributed by atoms with Crippen LogP contribution in [0.2, 0.25) is 5.02 Å². The molecule has 0 aliphatic carbocycles. The Morgan fingerprint density at radius 2 is 1.81 bits per heavy atom. The minimum absolute atomic E-state index is 0.0846. The lowest BCUT2D eigenvalue weighted by molar-refractivity contribution is 0.267. The summed E-state index contributed by atoms with van der Waals surface area (Å²) in [7, 11) is 0. The van der Waals surface area contributed by atoms with Crippen LogP contribution in [0.4, 0.5) is 4.79 Å². The largest absolute Gasteiger partial charge is 0.311 e. The maximum absolute atomic E-state index is 12.3. The van der Waals surface area contributed by atoms with Gasteiger partial charge in [-0.1, -0.05) is 82.1 Å². The lowest BCUT2D eigenvalue weighted by atomic mass is 9.98. The summed E-state index contributed by atoms with van der Waals surface area (Å²) in [6.07, 6.45) is 2.68. The smallest absolute Gasteiger partial charge is 0.259 e. The van der Waals surface area contributed by atoms with Gasteiger partial charge in [-0.2, -0.15) is 10.1 Å². The number of aliphatic imine (C=N–C) groups is 1. The first-order chi connectivity index (χ1) is 15.6. The first-order valence-corrected chi connectivity index (χ1v) is 12.0. The van der Waals surface area contributed by atoms with Crippen LogP contribution in [-0.2, 0) is 0 Å².